The van der Waals surface area contributed by atoms with E-state index in [9.17, 15) is 14.0 Å². The number of nitrogens with zero attached hydrogens (tertiary/aromatic N) is 4. The van der Waals surface area contributed by atoms with Crippen LogP contribution in [-0.4, -0.2) is 68.4 Å². The molecular formula is C39H52FN5O2. The molecule has 4 aliphatic rings. The minimum atomic E-state index is -0.800. The summed E-state index contributed by atoms with van der Waals surface area (Å²) in [6.45, 7) is 10.1. The van der Waals surface area contributed by atoms with Crippen LogP contribution in [0.15, 0.2) is 48.5 Å². The molecule has 4 heterocycles. The Morgan fingerprint density at radius 2 is 1.62 bits per heavy atom. The number of hydrogen-bond acceptors (Lipinski definition) is 4. The van der Waals surface area contributed by atoms with Crippen molar-refractivity contribution in [2.24, 2.45) is 5.41 Å². The summed E-state index contributed by atoms with van der Waals surface area (Å²) in [5.74, 6) is 0.920. The summed E-state index contributed by atoms with van der Waals surface area (Å²) in [5.41, 5.74) is 1.84. The molecule has 0 spiro atoms. The van der Waals surface area contributed by atoms with E-state index in [0.29, 0.717) is 44.1 Å². The number of fused-ring (bicyclic) bond motifs is 3. The highest BCUT2D eigenvalue weighted by molar-refractivity contribution is 5.93. The van der Waals surface area contributed by atoms with E-state index in [0.717, 1.165) is 68.4 Å². The van der Waals surface area contributed by atoms with Gasteiger partial charge < -0.3 is 14.8 Å². The van der Waals surface area contributed by atoms with Crippen LogP contribution in [0.2, 0.25) is 0 Å². The van der Waals surface area contributed by atoms with Crippen LogP contribution < -0.4 is 5.32 Å². The van der Waals surface area contributed by atoms with Crippen molar-refractivity contribution in [1.82, 2.24) is 24.7 Å². The lowest BCUT2D eigenvalue weighted by molar-refractivity contribution is -0.145. The summed E-state index contributed by atoms with van der Waals surface area (Å²) in [7, 11) is 0. The molecule has 1 N–H and O–H groups in total. The summed E-state index contributed by atoms with van der Waals surface area (Å²) in [4.78, 5) is 36.8. The van der Waals surface area contributed by atoms with Crippen LogP contribution >= 0.6 is 0 Å². The highest BCUT2D eigenvalue weighted by Gasteiger charge is 2.49. The van der Waals surface area contributed by atoms with Crippen LogP contribution in [0.4, 0.5) is 4.39 Å². The first-order chi connectivity index (χ1) is 22.5. The minimum Gasteiger partial charge on any atom is -0.341 e. The second-order valence-corrected chi connectivity index (χ2v) is 16.1. The zero-order chi connectivity index (χ0) is 33.0. The molecule has 2 amide bonds. The van der Waals surface area contributed by atoms with E-state index < -0.39 is 11.0 Å². The Bertz CT molecular complexity index is 1610. The summed E-state index contributed by atoms with van der Waals surface area (Å²) < 4.78 is 17.2. The number of likely N-dealkylation sites (tertiary alicyclic amines) is 1. The van der Waals surface area contributed by atoms with Crippen molar-refractivity contribution in [2.45, 2.75) is 127 Å². The van der Waals surface area contributed by atoms with Gasteiger partial charge >= 0.3 is 0 Å². The molecule has 3 aliphatic heterocycles. The van der Waals surface area contributed by atoms with E-state index in [1.807, 2.05) is 31.7 Å². The second kappa shape index (κ2) is 12.3. The summed E-state index contributed by atoms with van der Waals surface area (Å²) >= 11 is 0. The third-order valence-corrected chi connectivity index (χ3v) is 12.2. The second-order valence-electron chi connectivity index (χ2n) is 16.1. The van der Waals surface area contributed by atoms with Crippen LogP contribution in [-0.2, 0) is 15.0 Å². The molecule has 4 fully saturated rings. The van der Waals surface area contributed by atoms with Crippen molar-refractivity contribution in [3.05, 3.63) is 65.7 Å². The molecule has 7 nitrogen and oxygen atoms in total. The van der Waals surface area contributed by atoms with Crippen molar-refractivity contribution in [3.8, 4) is 0 Å². The smallest absolute Gasteiger partial charge is 0.248 e. The van der Waals surface area contributed by atoms with Gasteiger partial charge in [-0.25, -0.2) is 9.37 Å². The zero-order valence-electron chi connectivity index (χ0n) is 28.7. The van der Waals surface area contributed by atoms with Crippen LogP contribution in [0.5, 0.6) is 0 Å². The van der Waals surface area contributed by atoms with Gasteiger partial charge in [-0.05, 0) is 106 Å². The molecule has 47 heavy (non-hydrogen) atoms. The van der Waals surface area contributed by atoms with Gasteiger partial charge in [-0.2, -0.15) is 0 Å². The first-order valence-electron chi connectivity index (χ1n) is 18.1. The number of para-hydroxylation sites is 2. The molecule has 8 heteroatoms. The SMILES string of the molecule is Cc1nc2ccccc2n1C1CC2CCC(C1)N2CCC1(c2cccc(F)c2)CCN(C(=O)C2(NC(=O)C(C)(C)C)CCCC2)CC1. The maximum atomic E-state index is 14.7. The molecule has 2 bridgehead atoms. The number of hydrogen-bond donors (Lipinski definition) is 1. The van der Waals surface area contributed by atoms with Gasteiger partial charge in [-0.1, -0.05) is 57.9 Å². The quantitative estimate of drug-likeness (QED) is 0.300. The van der Waals surface area contributed by atoms with Crippen molar-refractivity contribution >= 4 is 22.8 Å². The van der Waals surface area contributed by atoms with Gasteiger partial charge in [0, 0.05) is 36.6 Å². The Labute approximate surface area is 279 Å². The molecular weight excluding hydrogens is 589 g/mol. The monoisotopic (exact) mass is 641 g/mol. The number of rotatable bonds is 7. The number of aromatic nitrogens is 2. The maximum Gasteiger partial charge on any atom is 0.248 e. The van der Waals surface area contributed by atoms with E-state index in [1.165, 1.54) is 24.4 Å². The topological polar surface area (TPSA) is 70.5 Å². The highest BCUT2D eigenvalue weighted by Crippen LogP contribution is 2.46. The fraction of sp³-hybridized carbons (Fsp3) is 0.615. The predicted molar refractivity (Wildman–Crippen MR) is 184 cm³/mol. The first kappa shape index (κ1) is 32.3. The Hall–Kier alpha value is -3.26. The van der Waals surface area contributed by atoms with Crippen molar-refractivity contribution in [3.63, 3.8) is 0 Å². The molecule has 1 aromatic heterocycles. The van der Waals surface area contributed by atoms with E-state index in [2.05, 4.69) is 52.0 Å². The fourth-order valence-electron chi connectivity index (χ4n) is 9.51. The lowest BCUT2D eigenvalue weighted by atomic mass is 9.70. The lowest BCUT2D eigenvalue weighted by Crippen LogP contribution is -2.61. The molecule has 0 radical (unpaired) electrons. The molecule has 7 rings (SSSR count). The molecule has 1 aliphatic carbocycles. The highest BCUT2D eigenvalue weighted by atomic mass is 19.1. The van der Waals surface area contributed by atoms with Crippen LogP contribution in [0.1, 0.15) is 109 Å². The normalized spacial score (nSPS) is 25.7. The van der Waals surface area contributed by atoms with Gasteiger partial charge in [0.05, 0.1) is 11.0 Å². The molecule has 2 unspecified atom stereocenters. The van der Waals surface area contributed by atoms with E-state index in [-0.39, 0.29) is 23.0 Å². The van der Waals surface area contributed by atoms with Crippen LogP contribution in [0.25, 0.3) is 11.0 Å². The summed E-state index contributed by atoms with van der Waals surface area (Å²) in [6.07, 6.45) is 10.6. The molecule has 3 aromatic rings. The molecule has 2 atom stereocenters. The average Bonchev–Trinajstić information content (AvgIpc) is 3.72. The number of carbonyl (C=O) groups excluding carboxylic acids is 2. The third-order valence-electron chi connectivity index (χ3n) is 12.2. The maximum absolute atomic E-state index is 14.7. The largest absolute Gasteiger partial charge is 0.341 e. The minimum absolute atomic E-state index is 0.0614. The van der Waals surface area contributed by atoms with Gasteiger partial charge in [-0.3, -0.25) is 14.5 Å². The molecule has 3 saturated heterocycles. The van der Waals surface area contributed by atoms with Crippen molar-refractivity contribution < 1.29 is 14.0 Å². The Morgan fingerprint density at radius 3 is 2.28 bits per heavy atom. The Morgan fingerprint density at radius 1 is 0.936 bits per heavy atom. The number of aryl methyl sites for hydroxylation is 1. The zero-order valence-corrected chi connectivity index (χ0v) is 28.7. The number of piperidine rings is 2. The number of nitrogens with one attached hydrogen (secondary N) is 1. The molecule has 1 saturated carbocycles. The van der Waals surface area contributed by atoms with E-state index in [1.54, 1.807) is 6.07 Å². The number of halogens is 1. The van der Waals surface area contributed by atoms with Gasteiger partial charge in [0.2, 0.25) is 11.8 Å². The van der Waals surface area contributed by atoms with Gasteiger partial charge in [0.1, 0.15) is 17.2 Å². The summed E-state index contributed by atoms with van der Waals surface area (Å²) in [6, 6.07) is 17.2. The average molecular weight is 642 g/mol. The standard InChI is InChI=1S/C39H52FN5O2/c1-27-41-33-12-5-6-13-34(33)45(27)32-25-30-14-15-31(26-32)44(30)23-20-38(28-10-9-11-29(40)24-28)18-21-43(22-19-38)36(47)39(16-7-8-17-39)42-35(46)37(2,3)4/h5-6,9-13,24,30-32H,7-8,14-23,25-26H2,1-4H3,(H,42,46). The van der Waals surface area contributed by atoms with E-state index in [4.69, 9.17) is 4.98 Å². The molecule has 252 valence electrons. The number of imidazole rings is 1. The van der Waals surface area contributed by atoms with Crippen molar-refractivity contribution in [2.75, 3.05) is 19.6 Å². The first-order valence-corrected chi connectivity index (χ1v) is 18.1. The number of benzene rings is 2. The predicted octanol–water partition coefficient (Wildman–Crippen LogP) is 7.08. The fourth-order valence-corrected chi connectivity index (χ4v) is 9.51. The summed E-state index contributed by atoms with van der Waals surface area (Å²) in [5, 5.41) is 3.21. The van der Waals surface area contributed by atoms with Gasteiger partial charge in [-0.15, -0.1) is 0 Å². The lowest BCUT2D eigenvalue weighted by Gasteiger charge is -2.47. The Kier molecular flexibility index (Phi) is 8.47. The van der Waals surface area contributed by atoms with Crippen LogP contribution in [0, 0.1) is 18.2 Å². The van der Waals surface area contributed by atoms with E-state index >= 15 is 0 Å². The van der Waals surface area contributed by atoms with Crippen LogP contribution in [0.3, 0.4) is 0 Å². The Balaban J connectivity index is 1.07. The van der Waals surface area contributed by atoms with Gasteiger partial charge in [0.25, 0.3) is 0 Å². The number of amides is 2. The third kappa shape index (κ3) is 6.00. The molecule has 2 aromatic carbocycles. The van der Waals surface area contributed by atoms with Crippen molar-refractivity contribution in [1.29, 1.82) is 0 Å². The number of carbonyl (C=O) groups is 2. The van der Waals surface area contributed by atoms with Gasteiger partial charge in [0.15, 0.2) is 0 Å².